The first kappa shape index (κ1) is 5.24. The van der Waals surface area contributed by atoms with Gasteiger partial charge in [-0.3, -0.25) is 13.9 Å². The van der Waals surface area contributed by atoms with Crippen molar-refractivity contribution < 1.29 is 20.2 Å². The molecule has 0 atom stereocenters. The first-order valence-electron chi connectivity index (χ1n) is 10.8. The third-order valence-corrected chi connectivity index (χ3v) is 2.54. The topological polar surface area (TPSA) is 82.1 Å². The zero-order chi connectivity index (χ0) is 23.4. The zero-order valence-electron chi connectivity index (χ0n) is 20.7. The van der Waals surface area contributed by atoms with E-state index in [1.54, 1.807) is 0 Å². The maximum atomic E-state index is 12.8. The van der Waals surface area contributed by atoms with Crippen LogP contribution in [0.25, 0.3) is 11.2 Å². The molecule has 0 fully saturated rings. The molecule has 104 valence electrons. The summed E-state index contributed by atoms with van der Waals surface area (Å²) in [6, 6.07) is 0. The van der Waals surface area contributed by atoms with E-state index in [2.05, 4.69) is 4.98 Å². The van der Waals surface area contributed by atoms with E-state index in [-0.39, 0.29) is 15.6 Å². The van der Waals surface area contributed by atoms with Crippen LogP contribution in [0.2, 0.25) is 0 Å². The molecule has 2 rings (SSSR count). The minimum atomic E-state index is -3.21. The predicted molar refractivity (Wildman–Crippen MR) is 71.2 cm³/mol. The maximum absolute atomic E-state index is 12.8. The molecule has 0 bridgehead atoms. The number of imidazole rings is 1. The van der Waals surface area contributed by atoms with Gasteiger partial charge in [-0.15, -0.1) is 0 Å². The largest absolute Gasteiger partial charge is 0.396 e. The number of hydrogen-bond acceptors (Lipinski definition) is 4. The van der Waals surface area contributed by atoms with Gasteiger partial charge in [0.05, 0.1) is 9.04 Å². The molecule has 0 amide bonds. The van der Waals surface area contributed by atoms with Gasteiger partial charge in [0.25, 0.3) is 5.56 Å². The summed E-state index contributed by atoms with van der Waals surface area (Å²) in [5, 5.41) is 9.23. The van der Waals surface area contributed by atoms with Crippen molar-refractivity contribution in [3.63, 3.8) is 0 Å². The third kappa shape index (κ3) is 2.33. The van der Waals surface area contributed by atoms with Crippen LogP contribution in [-0.4, -0.2) is 30.4 Å². The molecule has 2 aromatic heterocycles. The number of aryl methyl sites for hydroxylation is 2. The molecule has 2 aromatic rings. The minimum absolute atomic E-state index is 0.101. The number of nitrogens with zero attached hydrogens (tertiary/aromatic N) is 4. The Labute approximate surface area is 125 Å². The van der Waals surface area contributed by atoms with Crippen molar-refractivity contribution >= 4 is 11.2 Å². The van der Waals surface area contributed by atoms with Gasteiger partial charge in [-0.1, -0.05) is 0 Å². The fourth-order valence-corrected chi connectivity index (χ4v) is 1.65. The molecule has 0 radical (unpaired) electrons. The van der Waals surface area contributed by atoms with Gasteiger partial charge in [0.2, 0.25) is 0 Å². The molecule has 0 aliphatic heterocycles. The number of aliphatic hydroxyl groups is 1. The van der Waals surface area contributed by atoms with Crippen LogP contribution in [0.3, 0.4) is 0 Å². The van der Waals surface area contributed by atoms with Gasteiger partial charge in [-0.25, -0.2) is 9.78 Å². The van der Waals surface area contributed by atoms with Crippen LogP contribution in [-0.2, 0) is 20.5 Å². The van der Waals surface area contributed by atoms with E-state index in [1.165, 1.54) is 0 Å². The molecule has 0 aromatic carbocycles. The van der Waals surface area contributed by atoms with Crippen molar-refractivity contribution in [2.75, 3.05) is 6.56 Å². The lowest BCUT2D eigenvalue weighted by Crippen LogP contribution is -2.39. The van der Waals surface area contributed by atoms with E-state index in [1.807, 2.05) is 0 Å². The Morgan fingerprint density at radius 2 is 2.32 bits per heavy atom. The summed E-state index contributed by atoms with van der Waals surface area (Å²) >= 11 is 0. The van der Waals surface area contributed by atoms with E-state index in [0.717, 1.165) is 0 Å². The van der Waals surface area contributed by atoms with Gasteiger partial charge in [0, 0.05) is 38.0 Å². The van der Waals surface area contributed by atoms with Crippen LogP contribution >= 0.6 is 0 Å². The van der Waals surface area contributed by atoms with Gasteiger partial charge in [0.15, 0.2) is 11.2 Å². The fourth-order valence-electron chi connectivity index (χ4n) is 1.65. The highest BCUT2D eigenvalue weighted by Crippen LogP contribution is 2.03. The van der Waals surface area contributed by atoms with E-state index in [9.17, 15) is 14.7 Å². The summed E-state index contributed by atoms with van der Waals surface area (Å²) < 4.78 is 82.6. The van der Waals surface area contributed by atoms with Crippen molar-refractivity contribution in [1.82, 2.24) is 18.7 Å². The Balaban J connectivity index is 2.72. The van der Waals surface area contributed by atoms with E-state index in [4.69, 9.17) is 15.1 Å². The monoisotopic (exact) mass is 277 g/mol. The van der Waals surface area contributed by atoms with Crippen LogP contribution in [0.15, 0.2) is 15.9 Å². The molecule has 2 heterocycles. The van der Waals surface area contributed by atoms with E-state index in [0.29, 0.717) is 4.57 Å². The Bertz CT molecular complexity index is 1070. The molecule has 0 unspecified atom stereocenters. The number of rotatable bonds is 5. The second-order valence-corrected chi connectivity index (χ2v) is 3.69. The molecule has 7 nitrogen and oxygen atoms in total. The summed E-state index contributed by atoms with van der Waals surface area (Å²) in [4.78, 5) is 29.0. The highest BCUT2D eigenvalue weighted by atomic mass is 16.3. The molecule has 0 saturated carbocycles. The summed E-state index contributed by atoms with van der Waals surface area (Å²) in [5.74, 6) is 0. The van der Waals surface area contributed by atoms with Crippen molar-refractivity contribution in [1.29, 1.82) is 0 Å². The number of fused-ring (bicyclic) bond motifs is 1. The molecule has 7 heteroatoms. The molecular weight excluding hydrogens is 248 g/mol. The molecule has 0 saturated heterocycles. The molecule has 0 spiro atoms. The van der Waals surface area contributed by atoms with Gasteiger partial charge >= 0.3 is 5.69 Å². The first-order chi connectivity index (χ1) is 13.3. The molecule has 19 heavy (non-hydrogen) atoms. The average molecular weight is 277 g/mol. The van der Waals surface area contributed by atoms with Crippen LogP contribution in [0.4, 0.5) is 0 Å². The van der Waals surface area contributed by atoms with Crippen molar-refractivity contribution in [3.8, 4) is 0 Å². The third-order valence-electron chi connectivity index (χ3n) is 2.54. The van der Waals surface area contributed by atoms with Gasteiger partial charge in [-0.2, -0.15) is 0 Å². The van der Waals surface area contributed by atoms with Gasteiger partial charge in [0.1, 0.15) is 1.37 Å². The van der Waals surface area contributed by atoms with E-state index < -0.39 is 68.6 Å². The summed E-state index contributed by atoms with van der Waals surface area (Å²) in [5.41, 5.74) is -4.24. The Hall–Kier alpha value is -1.89. The second-order valence-electron chi connectivity index (χ2n) is 3.69. The summed E-state index contributed by atoms with van der Waals surface area (Å²) in [6.45, 7) is -10.1. The standard InChI is InChI=1S/C12H18N4O3/c1-14-8-13-10-9(14)11(18)16(12(19)15(10)2)6-4-3-5-7-17/h8,17H,3-7H2,1-2H3/i1D3,2D3,5D2,7D2,8D. The predicted octanol–water partition coefficient (Wildman–Crippen LogP) is -0.404. The average Bonchev–Trinajstić information content (AvgIpc) is 2.84. The van der Waals surface area contributed by atoms with Crippen molar-refractivity contribution in [2.45, 2.75) is 25.8 Å². The smallest absolute Gasteiger partial charge is 0.332 e. The quantitative estimate of drug-likeness (QED) is 0.806. The highest BCUT2D eigenvalue weighted by molar-refractivity contribution is 5.69. The van der Waals surface area contributed by atoms with Gasteiger partial charge in [-0.05, 0) is 19.2 Å². The highest BCUT2D eigenvalue weighted by Gasteiger charge is 2.14. The summed E-state index contributed by atoms with van der Waals surface area (Å²) in [6.07, 6.45) is -4.71. The number of aromatic nitrogens is 4. The SMILES string of the molecule is [2H]c1nc2c(c(=O)n(CCCC([2H])([2H])C([2H])([2H])O)c(=O)n2C([2H])([2H])[2H])n1C([2H])([2H])[2H]. The van der Waals surface area contributed by atoms with Crippen LogP contribution in [0, 0.1) is 0 Å². The molecule has 0 aliphatic rings. The van der Waals surface area contributed by atoms with Gasteiger partial charge < -0.3 is 9.67 Å². The molecular formula is C12H18N4O3. The zero-order valence-corrected chi connectivity index (χ0v) is 9.67. The lowest BCUT2D eigenvalue weighted by Gasteiger charge is -2.08. The van der Waals surface area contributed by atoms with Crippen LogP contribution < -0.4 is 11.2 Å². The van der Waals surface area contributed by atoms with E-state index >= 15 is 0 Å². The Kier molecular flexibility index (Phi) is 1.49. The lowest BCUT2D eigenvalue weighted by molar-refractivity contribution is 0.281. The normalized spacial score (nSPS) is 22.7. The van der Waals surface area contributed by atoms with Crippen LogP contribution in [0.1, 0.15) is 34.3 Å². The van der Waals surface area contributed by atoms with Crippen molar-refractivity contribution in [3.05, 3.63) is 27.1 Å². The first-order valence-corrected chi connectivity index (χ1v) is 5.29. The Morgan fingerprint density at radius 1 is 1.47 bits per heavy atom. The summed E-state index contributed by atoms with van der Waals surface area (Å²) in [7, 11) is 0. The fraction of sp³-hybridized carbons (Fsp3) is 0.583. The lowest BCUT2D eigenvalue weighted by atomic mass is 10.2. The van der Waals surface area contributed by atoms with Crippen LogP contribution in [0.5, 0.6) is 0 Å². The second kappa shape index (κ2) is 5.40. The maximum Gasteiger partial charge on any atom is 0.332 e. The minimum Gasteiger partial charge on any atom is -0.396 e. The Morgan fingerprint density at radius 3 is 3.00 bits per heavy atom. The number of hydrogen-bond donors (Lipinski definition) is 1. The van der Waals surface area contributed by atoms with Crippen molar-refractivity contribution in [2.24, 2.45) is 14.0 Å². The molecule has 0 aliphatic carbocycles. The molecule has 1 N–H and O–H groups in total.